The predicted octanol–water partition coefficient (Wildman–Crippen LogP) is 2.86. The molecule has 0 aliphatic heterocycles. The van der Waals surface area contributed by atoms with Gasteiger partial charge in [0.1, 0.15) is 5.75 Å². The molecule has 2 N–H and O–H groups in total. The second-order valence-electron chi connectivity index (χ2n) is 6.21. The lowest BCUT2D eigenvalue weighted by atomic mass is 10.1. The Morgan fingerprint density at radius 1 is 1.27 bits per heavy atom. The largest absolute Gasteiger partial charge is 0.508 e. The molecule has 0 spiro atoms. The summed E-state index contributed by atoms with van der Waals surface area (Å²) < 4.78 is 0. The topological polar surface area (TPSA) is 56.3 Å². The number of nitrogens with zero attached hydrogens (tertiary/aromatic N) is 1. The maximum absolute atomic E-state index is 12.1. The second-order valence-corrected chi connectivity index (χ2v) is 6.21. The zero-order valence-electron chi connectivity index (χ0n) is 13.1. The molecule has 22 heavy (non-hydrogen) atoms. The van der Waals surface area contributed by atoms with E-state index in [9.17, 15) is 9.90 Å². The Bertz CT molecular complexity index is 732. The molecular formula is C18H22N2O2. The van der Waals surface area contributed by atoms with Gasteiger partial charge in [0, 0.05) is 42.1 Å². The van der Waals surface area contributed by atoms with E-state index < -0.39 is 0 Å². The molecule has 1 aromatic carbocycles. The summed E-state index contributed by atoms with van der Waals surface area (Å²) in [5.74, 6) is 0.299. The highest BCUT2D eigenvalue weighted by atomic mass is 16.3. The fourth-order valence-electron chi connectivity index (χ4n) is 2.81. The van der Waals surface area contributed by atoms with Crippen LogP contribution in [0.2, 0.25) is 0 Å². The van der Waals surface area contributed by atoms with Crippen LogP contribution in [0.15, 0.2) is 35.3 Å². The van der Waals surface area contributed by atoms with E-state index in [2.05, 4.69) is 9.88 Å². The third kappa shape index (κ3) is 3.22. The maximum Gasteiger partial charge on any atom is 0.187 e. The molecule has 1 saturated carbocycles. The van der Waals surface area contributed by atoms with Gasteiger partial charge in [-0.2, -0.15) is 0 Å². The first-order valence-electron chi connectivity index (χ1n) is 7.74. The first-order valence-corrected chi connectivity index (χ1v) is 7.74. The molecule has 0 radical (unpaired) electrons. The molecule has 1 fully saturated rings. The minimum absolute atomic E-state index is 0.127. The maximum atomic E-state index is 12.1. The standard InChI is InChI=1S/C18H22N2O2/c1-12-9-19-17(13(2)18(12)22)11-20(15-6-7-15)10-14-4-3-5-16(21)8-14/h3-5,8-9,15,21H,6-7,10-11H2,1-2H3,(H,19,22). The molecule has 1 aliphatic rings. The summed E-state index contributed by atoms with van der Waals surface area (Å²) >= 11 is 0. The Balaban J connectivity index is 1.81. The molecule has 3 rings (SSSR count). The van der Waals surface area contributed by atoms with E-state index >= 15 is 0 Å². The predicted molar refractivity (Wildman–Crippen MR) is 86.9 cm³/mol. The highest BCUT2D eigenvalue weighted by Gasteiger charge is 2.29. The van der Waals surface area contributed by atoms with E-state index in [1.54, 1.807) is 18.3 Å². The number of pyridine rings is 1. The second kappa shape index (κ2) is 5.97. The van der Waals surface area contributed by atoms with Crippen molar-refractivity contribution in [3.63, 3.8) is 0 Å². The van der Waals surface area contributed by atoms with Crippen molar-refractivity contribution in [2.24, 2.45) is 0 Å². The van der Waals surface area contributed by atoms with E-state index in [-0.39, 0.29) is 5.43 Å². The average molecular weight is 298 g/mol. The number of aromatic nitrogens is 1. The summed E-state index contributed by atoms with van der Waals surface area (Å²) in [7, 11) is 0. The minimum Gasteiger partial charge on any atom is -0.508 e. The number of hydrogen-bond donors (Lipinski definition) is 2. The minimum atomic E-state index is 0.127. The van der Waals surface area contributed by atoms with Gasteiger partial charge in [0.2, 0.25) is 0 Å². The van der Waals surface area contributed by atoms with Crippen molar-refractivity contribution in [2.75, 3.05) is 0 Å². The van der Waals surface area contributed by atoms with Gasteiger partial charge in [0.05, 0.1) is 0 Å². The quantitative estimate of drug-likeness (QED) is 0.892. The average Bonchev–Trinajstić information content (AvgIpc) is 3.32. The van der Waals surface area contributed by atoms with Gasteiger partial charge in [-0.25, -0.2) is 0 Å². The van der Waals surface area contributed by atoms with Crippen LogP contribution in [0.4, 0.5) is 0 Å². The molecule has 0 unspecified atom stereocenters. The monoisotopic (exact) mass is 298 g/mol. The summed E-state index contributed by atoms with van der Waals surface area (Å²) in [5, 5.41) is 9.61. The molecule has 1 heterocycles. The number of nitrogens with one attached hydrogen (secondary N) is 1. The fourth-order valence-corrected chi connectivity index (χ4v) is 2.81. The zero-order valence-corrected chi connectivity index (χ0v) is 13.1. The van der Waals surface area contributed by atoms with Crippen LogP contribution in [-0.2, 0) is 13.1 Å². The van der Waals surface area contributed by atoms with Gasteiger partial charge in [-0.05, 0) is 44.4 Å². The summed E-state index contributed by atoms with van der Waals surface area (Å²) in [6, 6.07) is 7.97. The highest BCUT2D eigenvalue weighted by Crippen LogP contribution is 2.30. The molecule has 1 aliphatic carbocycles. The zero-order chi connectivity index (χ0) is 15.7. The third-order valence-electron chi connectivity index (χ3n) is 4.34. The lowest BCUT2D eigenvalue weighted by Gasteiger charge is -2.23. The van der Waals surface area contributed by atoms with E-state index in [4.69, 9.17) is 0 Å². The number of aryl methyl sites for hydroxylation is 1. The normalized spacial score (nSPS) is 14.5. The van der Waals surface area contributed by atoms with E-state index in [1.165, 1.54) is 12.8 Å². The summed E-state index contributed by atoms with van der Waals surface area (Å²) in [6.45, 7) is 5.25. The van der Waals surface area contributed by atoms with Gasteiger partial charge >= 0.3 is 0 Å². The number of hydrogen-bond acceptors (Lipinski definition) is 3. The Morgan fingerprint density at radius 3 is 2.73 bits per heavy atom. The number of phenols is 1. The van der Waals surface area contributed by atoms with Crippen molar-refractivity contribution in [3.05, 3.63) is 63.1 Å². The van der Waals surface area contributed by atoms with E-state index in [0.717, 1.165) is 35.5 Å². The lowest BCUT2D eigenvalue weighted by Crippen LogP contribution is -2.27. The molecule has 0 amide bonds. The Kier molecular flexibility index (Phi) is 4.03. The first-order chi connectivity index (χ1) is 10.5. The molecule has 2 aromatic rings. The van der Waals surface area contributed by atoms with Crippen molar-refractivity contribution in [3.8, 4) is 5.75 Å². The van der Waals surface area contributed by atoms with Gasteiger partial charge in [-0.1, -0.05) is 12.1 Å². The van der Waals surface area contributed by atoms with E-state index in [1.807, 2.05) is 26.0 Å². The van der Waals surface area contributed by atoms with Gasteiger partial charge in [-0.15, -0.1) is 0 Å². The smallest absolute Gasteiger partial charge is 0.187 e. The number of benzene rings is 1. The van der Waals surface area contributed by atoms with Crippen molar-refractivity contribution >= 4 is 0 Å². The molecular weight excluding hydrogens is 276 g/mol. The van der Waals surface area contributed by atoms with Gasteiger partial charge in [-0.3, -0.25) is 9.69 Å². The molecule has 4 heteroatoms. The van der Waals surface area contributed by atoms with Gasteiger partial charge in [0.25, 0.3) is 0 Å². The van der Waals surface area contributed by atoms with Crippen LogP contribution in [0.25, 0.3) is 0 Å². The molecule has 0 saturated heterocycles. The summed E-state index contributed by atoms with van der Waals surface area (Å²) in [4.78, 5) is 17.7. The van der Waals surface area contributed by atoms with Crippen LogP contribution in [-0.4, -0.2) is 21.0 Å². The number of aromatic hydroxyl groups is 1. The molecule has 1 aromatic heterocycles. The van der Waals surface area contributed by atoms with Crippen LogP contribution in [0.3, 0.4) is 0 Å². The number of H-pyrrole nitrogens is 1. The number of rotatable bonds is 5. The van der Waals surface area contributed by atoms with Crippen LogP contribution in [0, 0.1) is 13.8 Å². The SMILES string of the molecule is Cc1c[nH]c(CN(Cc2cccc(O)c2)C2CC2)c(C)c1=O. The van der Waals surface area contributed by atoms with Crippen molar-refractivity contribution in [1.82, 2.24) is 9.88 Å². The van der Waals surface area contributed by atoms with Crippen molar-refractivity contribution in [2.45, 2.75) is 45.8 Å². The first kappa shape index (κ1) is 14.9. The number of phenolic OH excluding ortho intramolecular Hbond substituents is 1. The van der Waals surface area contributed by atoms with Crippen molar-refractivity contribution in [1.29, 1.82) is 0 Å². The Labute approximate surface area is 130 Å². The highest BCUT2D eigenvalue weighted by molar-refractivity contribution is 5.28. The van der Waals surface area contributed by atoms with E-state index in [0.29, 0.717) is 11.8 Å². The van der Waals surface area contributed by atoms with Crippen LogP contribution < -0.4 is 5.43 Å². The van der Waals surface area contributed by atoms with Crippen LogP contribution >= 0.6 is 0 Å². The molecule has 116 valence electrons. The Hall–Kier alpha value is -2.07. The summed E-state index contributed by atoms with van der Waals surface area (Å²) in [5.41, 5.74) is 3.78. The van der Waals surface area contributed by atoms with Crippen LogP contribution in [0.5, 0.6) is 5.75 Å². The van der Waals surface area contributed by atoms with Crippen molar-refractivity contribution < 1.29 is 5.11 Å². The number of aromatic amines is 1. The fraction of sp³-hybridized carbons (Fsp3) is 0.389. The summed E-state index contributed by atoms with van der Waals surface area (Å²) in [6.07, 6.45) is 4.20. The lowest BCUT2D eigenvalue weighted by molar-refractivity contribution is 0.242. The molecule has 0 atom stereocenters. The van der Waals surface area contributed by atoms with Gasteiger partial charge in [0.15, 0.2) is 5.43 Å². The Morgan fingerprint density at radius 2 is 2.05 bits per heavy atom. The molecule has 4 nitrogen and oxygen atoms in total. The third-order valence-corrected chi connectivity index (χ3v) is 4.34. The molecule has 0 bridgehead atoms. The van der Waals surface area contributed by atoms with Gasteiger partial charge < -0.3 is 10.1 Å². The van der Waals surface area contributed by atoms with Crippen LogP contribution in [0.1, 0.15) is 35.2 Å².